The Hall–Kier alpha value is -0.980. The van der Waals surface area contributed by atoms with E-state index >= 15 is 0 Å². The lowest BCUT2D eigenvalue weighted by molar-refractivity contribution is 0.0453. The van der Waals surface area contributed by atoms with E-state index < -0.39 is 15.8 Å². The Kier molecular flexibility index (Phi) is 3.70. The van der Waals surface area contributed by atoms with Gasteiger partial charge in [-0.25, -0.2) is 17.5 Å². The number of hydrogen-bond donors (Lipinski definition) is 2. The van der Waals surface area contributed by atoms with E-state index in [1.54, 1.807) is 6.92 Å². The van der Waals surface area contributed by atoms with Crippen molar-refractivity contribution in [3.8, 4) is 0 Å². The van der Waals surface area contributed by atoms with Crippen LogP contribution in [0.1, 0.15) is 18.4 Å². The summed E-state index contributed by atoms with van der Waals surface area (Å²) < 4.78 is 39.5. The lowest BCUT2D eigenvalue weighted by Crippen LogP contribution is -2.38. The van der Waals surface area contributed by atoms with Crippen molar-refractivity contribution >= 4 is 10.0 Å². The molecule has 1 aromatic rings. The molecule has 0 atom stereocenters. The Morgan fingerprint density at radius 3 is 2.67 bits per heavy atom. The van der Waals surface area contributed by atoms with E-state index in [2.05, 4.69) is 4.72 Å². The fourth-order valence-electron chi connectivity index (χ4n) is 1.92. The van der Waals surface area contributed by atoms with Gasteiger partial charge in [-0.3, -0.25) is 0 Å². The average Bonchev–Trinajstić information content (AvgIpc) is 2.26. The third-order valence-corrected chi connectivity index (χ3v) is 4.65. The number of sulfonamides is 1. The third kappa shape index (κ3) is 2.88. The molecule has 0 aromatic heterocycles. The van der Waals surface area contributed by atoms with Crippen LogP contribution in [-0.4, -0.2) is 26.2 Å². The Bertz CT molecular complexity index is 538. The zero-order valence-corrected chi connectivity index (χ0v) is 10.9. The van der Waals surface area contributed by atoms with E-state index in [1.165, 1.54) is 12.1 Å². The summed E-state index contributed by atoms with van der Waals surface area (Å²) in [7, 11) is -3.66. The smallest absolute Gasteiger partial charge is 0.240 e. The van der Waals surface area contributed by atoms with Gasteiger partial charge in [0.25, 0.3) is 0 Å². The fraction of sp³-hybridized carbons (Fsp3) is 0.500. The second-order valence-electron chi connectivity index (χ2n) is 4.75. The Morgan fingerprint density at radius 2 is 2.11 bits per heavy atom. The summed E-state index contributed by atoms with van der Waals surface area (Å²) in [5, 5.41) is 9.10. The van der Waals surface area contributed by atoms with Crippen LogP contribution in [0.5, 0.6) is 0 Å². The molecule has 18 heavy (non-hydrogen) atoms. The summed E-state index contributed by atoms with van der Waals surface area (Å²) in [6.07, 6.45) is 0.923. The molecule has 2 N–H and O–H groups in total. The number of aliphatic hydroxyl groups excluding tert-OH is 1. The number of benzene rings is 1. The van der Waals surface area contributed by atoms with Crippen molar-refractivity contribution in [2.75, 3.05) is 6.54 Å². The minimum absolute atomic E-state index is 0.0644. The number of rotatable bonds is 4. The van der Waals surface area contributed by atoms with Crippen LogP contribution in [0.25, 0.3) is 0 Å². The number of halogens is 1. The normalized spacial score (nSPS) is 23.7. The van der Waals surface area contributed by atoms with E-state index in [4.69, 9.17) is 5.11 Å². The van der Waals surface area contributed by atoms with Crippen molar-refractivity contribution in [1.29, 1.82) is 0 Å². The first-order valence-electron chi connectivity index (χ1n) is 5.82. The number of hydrogen-bond acceptors (Lipinski definition) is 3. The third-order valence-electron chi connectivity index (χ3n) is 3.23. The summed E-state index contributed by atoms with van der Waals surface area (Å²) >= 11 is 0. The summed E-state index contributed by atoms with van der Waals surface area (Å²) in [4.78, 5) is -0.0644. The Balaban J connectivity index is 2.03. The van der Waals surface area contributed by atoms with Gasteiger partial charge in [-0.1, -0.05) is 6.07 Å². The summed E-state index contributed by atoms with van der Waals surface area (Å²) in [5.41, 5.74) is 0.413. The molecule has 0 saturated heterocycles. The first kappa shape index (κ1) is 13.5. The molecule has 2 rings (SSSR count). The quantitative estimate of drug-likeness (QED) is 0.866. The zero-order valence-electron chi connectivity index (χ0n) is 10.1. The monoisotopic (exact) mass is 273 g/mol. The second-order valence-corrected chi connectivity index (χ2v) is 6.52. The molecule has 6 heteroatoms. The molecule has 1 aromatic carbocycles. The van der Waals surface area contributed by atoms with Crippen LogP contribution in [0.3, 0.4) is 0 Å². The van der Waals surface area contributed by atoms with Crippen molar-refractivity contribution in [2.45, 2.75) is 30.8 Å². The SMILES string of the molecule is Cc1ccc(S(=O)(=O)NCC2CC(O)C2)cc1F. The largest absolute Gasteiger partial charge is 0.393 e. The van der Waals surface area contributed by atoms with E-state index in [1.807, 2.05) is 0 Å². The van der Waals surface area contributed by atoms with Gasteiger partial charge in [0.15, 0.2) is 0 Å². The molecule has 0 amide bonds. The Morgan fingerprint density at radius 1 is 1.44 bits per heavy atom. The summed E-state index contributed by atoms with van der Waals surface area (Å²) in [6, 6.07) is 3.85. The van der Waals surface area contributed by atoms with E-state index in [9.17, 15) is 12.8 Å². The zero-order chi connectivity index (χ0) is 13.3. The van der Waals surface area contributed by atoms with Gasteiger partial charge in [0.1, 0.15) is 5.82 Å². The maximum atomic E-state index is 13.3. The molecule has 0 radical (unpaired) electrons. The van der Waals surface area contributed by atoms with Gasteiger partial charge in [0, 0.05) is 6.54 Å². The summed E-state index contributed by atoms with van der Waals surface area (Å²) in [6.45, 7) is 1.86. The molecule has 1 saturated carbocycles. The van der Waals surface area contributed by atoms with Gasteiger partial charge in [-0.05, 0) is 43.4 Å². The van der Waals surface area contributed by atoms with Crippen molar-refractivity contribution in [1.82, 2.24) is 4.72 Å². The van der Waals surface area contributed by atoms with Gasteiger partial charge in [-0.2, -0.15) is 0 Å². The molecule has 0 heterocycles. The topological polar surface area (TPSA) is 66.4 Å². The maximum absolute atomic E-state index is 13.3. The molecule has 100 valence electrons. The van der Waals surface area contributed by atoms with E-state index in [-0.39, 0.29) is 23.5 Å². The fourth-order valence-corrected chi connectivity index (χ4v) is 3.05. The molecular weight excluding hydrogens is 257 g/mol. The molecule has 1 aliphatic rings. The molecule has 0 bridgehead atoms. The van der Waals surface area contributed by atoms with Crippen LogP contribution in [-0.2, 0) is 10.0 Å². The van der Waals surface area contributed by atoms with Gasteiger partial charge in [-0.15, -0.1) is 0 Å². The maximum Gasteiger partial charge on any atom is 0.240 e. The van der Waals surface area contributed by atoms with Gasteiger partial charge in [0.05, 0.1) is 11.0 Å². The van der Waals surface area contributed by atoms with Crippen LogP contribution in [0.15, 0.2) is 23.1 Å². The predicted molar refractivity (Wildman–Crippen MR) is 65.1 cm³/mol. The molecular formula is C12H16FNO3S. The van der Waals surface area contributed by atoms with Crippen molar-refractivity contribution in [3.63, 3.8) is 0 Å². The van der Waals surface area contributed by atoms with Crippen LogP contribution < -0.4 is 4.72 Å². The van der Waals surface area contributed by atoms with Crippen LogP contribution in [0.2, 0.25) is 0 Å². The lowest BCUT2D eigenvalue weighted by atomic mass is 9.83. The van der Waals surface area contributed by atoms with Crippen LogP contribution in [0.4, 0.5) is 4.39 Å². The molecule has 0 spiro atoms. The molecule has 1 aliphatic carbocycles. The molecule has 0 aliphatic heterocycles. The molecule has 4 nitrogen and oxygen atoms in total. The lowest BCUT2D eigenvalue weighted by Gasteiger charge is -2.31. The average molecular weight is 273 g/mol. The first-order valence-corrected chi connectivity index (χ1v) is 7.30. The number of aliphatic hydroxyl groups is 1. The second kappa shape index (κ2) is 4.95. The van der Waals surface area contributed by atoms with Gasteiger partial charge >= 0.3 is 0 Å². The van der Waals surface area contributed by atoms with E-state index in [0.717, 1.165) is 6.07 Å². The van der Waals surface area contributed by atoms with E-state index in [0.29, 0.717) is 18.4 Å². The van der Waals surface area contributed by atoms with Crippen molar-refractivity contribution < 1.29 is 17.9 Å². The van der Waals surface area contributed by atoms with Crippen LogP contribution >= 0.6 is 0 Å². The highest BCUT2D eigenvalue weighted by Gasteiger charge is 2.28. The minimum atomic E-state index is -3.66. The first-order chi connectivity index (χ1) is 8.38. The minimum Gasteiger partial charge on any atom is -0.393 e. The highest BCUT2D eigenvalue weighted by Crippen LogP contribution is 2.26. The standard InChI is InChI=1S/C12H16FNO3S/c1-8-2-3-11(6-12(8)13)18(16,17)14-7-9-4-10(15)5-9/h2-3,6,9-10,14-15H,4-5,7H2,1H3. The number of aryl methyl sites for hydroxylation is 1. The van der Waals surface area contributed by atoms with Crippen molar-refractivity contribution in [3.05, 3.63) is 29.6 Å². The summed E-state index contributed by atoms with van der Waals surface area (Å²) in [5.74, 6) is -0.359. The highest BCUT2D eigenvalue weighted by atomic mass is 32.2. The predicted octanol–water partition coefficient (Wildman–Crippen LogP) is 1.18. The molecule has 0 unspecified atom stereocenters. The van der Waals surface area contributed by atoms with Crippen molar-refractivity contribution in [2.24, 2.45) is 5.92 Å². The highest BCUT2D eigenvalue weighted by molar-refractivity contribution is 7.89. The molecule has 1 fully saturated rings. The Labute approximate surface area is 106 Å². The van der Waals surface area contributed by atoms with Gasteiger partial charge in [0.2, 0.25) is 10.0 Å². The van der Waals surface area contributed by atoms with Gasteiger partial charge < -0.3 is 5.11 Å². The van der Waals surface area contributed by atoms with Crippen LogP contribution in [0, 0.1) is 18.7 Å². The number of nitrogens with one attached hydrogen (secondary N) is 1.